The molecule has 1 aliphatic carbocycles. The molecule has 4 N–H and O–H groups in total. The summed E-state index contributed by atoms with van der Waals surface area (Å²) >= 11 is 1.95. The van der Waals surface area contributed by atoms with E-state index in [2.05, 4.69) is 32.5 Å². The van der Waals surface area contributed by atoms with Gasteiger partial charge >= 0.3 is 6.03 Å². The predicted molar refractivity (Wildman–Crippen MR) is 127 cm³/mol. The summed E-state index contributed by atoms with van der Waals surface area (Å²) in [6.07, 6.45) is 5.85. The highest BCUT2D eigenvalue weighted by atomic mass is 127. The number of hydrogen-bond donors (Lipinski definition) is 4. The number of amides is 2. The smallest absolute Gasteiger partial charge is 0.319 e. The van der Waals surface area contributed by atoms with Crippen LogP contribution < -0.4 is 21.3 Å². The number of nitrogens with zero attached hydrogens (tertiary/aromatic N) is 1. The van der Waals surface area contributed by atoms with Crippen molar-refractivity contribution in [2.75, 3.05) is 18.6 Å². The van der Waals surface area contributed by atoms with Crippen molar-refractivity contribution in [1.29, 1.82) is 0 Å². The maximum absolute atomic E-state index is 11.7. The molecule has 1 aromatic rings. The molecule has 0 radical (unpaired) electrons. The number of urea groups is 1. The monoisotopic (exact) mass is 505 g/mol. The van der Waals surface area contributed by atoms with Gasteiger partial charge in [-0.25, -0.2) is 4.79 Å². The third kappa shape index (κ3) is 8.59. The fourth-order valence-electron chi connectivity index (χ4n) is 2.99. The van der Waals surface area contributed by atoms with E-state index in [0.717, 1.165) is 22.5 Å². The molecule has 0 aromatic heterocycles. The van der Waals surface area contributed by atoms with Crippen LogP contribution in [0.2, 0.25) is 0 Å². The number of halogens is 1. The number of carbonyl (C=O) groups excluding carboxylic acids is 1. The summed E-state index contributed by atoms with van der Waals surface area (Å²) in [5.41, 5.74) is 1.92. The first-order valence-corrected chi connectivity index (χ1v) is 10.5. The lowest BCUT2D eigenvalue weighted by molar-refractivity contribution is 0.250. The summed E-state index contributed by atoms with van der Waals surface area (Å²) in [6.45, 7) is 4.56. The third-order valence-corrected chi connectivity index (χ3v) is 5.47. The molecule has 0 heterocycles. The second kappa shape index (κ2) is 12.3. The van der Waals surface area contributed by atoms with E-state index in [1.54, 1.807) is 7.05 Å². The topological polar surface area (TPSA) is 77.5 Å². The van der Waals surface area contributed by atoms with Gasteiger partial charge < -0.3 is 21.3 Å². The van der Waals surface area contributed by atoms with E-state index in [0.29, 0.717) is 12.6 Å². The fraction of sp³-hybridized carbons (Fsp3) is 0.579. The Morgan fingerprint density at radius 3 is 2.52 bits per heavy atom. The minimum absolute atomic E-state index is 0. The van der Waals surface area contributed by atoms with Crippen LogP contribution in [0.25, 0.3) is 0 Å². The Balaban J connectivity index is 0.00000364. The Kier molecular flexibility index (Phi) is 10.9. The predicted octanol–water partition coefficient (Wildman–Crippen LogP) is 3.78. The minimum Gasteiger partial charge on any atom is -0.354 e. The zero-order chi connectivity index (χ0) is 18.9. The molecule has 8 heteroatoms. The largest absolute Gasteiger partial charge is 0.354 e. The molecule has 0 saturated heterocycles. The van der Waals surface area contributed by atoms with E-state index in [1.165, 1.54) is 19.3 Å². The van der Waals surface area contributed by atoms with Crippen molar-refractivity contribution in [2.24, 2.45) is 4.99 Å². The number of anilines is 1. The Hall–Kier alpha value is -1.16. The molecule has 2 amide bonds. The van der Waals surface area contributed by atoms with Crippen molar-refractivity contribution in [2.45, 2.75) is 57.0 Å². The van der Waals surface area contributed by atoms with Crippen LogP contribution in [0.5, 0.6) is 0 Å². The SMILES string of the molecule is CN=C(NCc1ccc(NC(=O)NC(C)C)cc1)NC1CCC(SC)C1.I. The lowest BCUT2D eigenvalue weighted by atomic mass is 10.2. The lowest BCUT2D eigenvalue weighted by Crippen LogP contribution is -2.42. The van der Waals surface area contributed by atoms with Crippen LogP contribution >= 0.6 is 35.7 Å². The van der Waals surface area contributed by atoms with Gasteiger partial charge in [-0.2, -0.15) is 11.8 Å². The normalized spacial score (nSPS) is 19.4. The maximum Gasteiger partial charge on any atom is 0.319 e. The van der Waals surface area contributed by atoms with Gasteiger partial charge in [0.05, 0.1) is 0 Å². The average Bonchev–Trinajstić information content (AvgIpc) is 3.06. The molecule has 1 saturated carbocycles. The maximum atomic E-state index is 11.7. The number of carbonyl (C=O) groups is 1. The Labute approximate surface area is 184 Å². The van der Waals surface area contributed by atoms with Gasteiger partial charge in [-0.3, -0.25) is 4.99 Å². The Morgan fingerprint density at radius 2 is 1.96 bits per heavy atom. The molecule has 0 bridgehead atoms. The zero-order valence-electron chi connectivity index (χ0n) is 16.5. The molecular formula is C19H32IN5OS. The van der Waals surface area contributed by atoms with Gasteiger partial charge in [0.1, 0.15) is 0 Å². The number of guanidine groups is 1. The van der Waals surface area contributed by atoms with Crippen molar-refractivity contribution >= 4 is 53.4 Å². The molecule has 2 rings (SSSR count). The van der Waals surface area contributed by atoms with Gasteiger partial charge in [-0.15, -0.1) is 24.0 Å². The van der Waals surface area contributed by atoms with Crippen LogP contribution in [0.1, 0.15) is 38.7 Å². The van der Waals surface area contributed by atoms with Crippen LogP contribution in [-0.2, 0) is 6.54 Å². The van der Waals surface area contributed by atoms with Crippen LogP contribution in [0.15, 0.2) is 29.3 Å². The number of thioether (sulfide) groups is 1. The van der Waals surface area contributed by atoms with Crippen molar-refractivity contribution in [3.8, 4) is 0 Å². The van der Waals surface area contributed by atoms with Gasteiger partial charge in [-0.05, 0) is 57.1 Å². The summed E-state index contributed by atoms with van der Waals surface area (Å²) in [4.78, 5) is 16.0. The molecule has 1 fully saturated rings. The highest BCUT2D eigenvalue weighted by Crippen LogP contribution is 2.28. The van der Waals surface area contributed by atoms with E-state index >= 15 is 0 Å². The van der Waals surface area contributed by atoms with E-state index < -0.39 is 0 Å². The van der Waals surface area contributed by atoms with Crippen molar-refractivity contribution in [3.05, 3.63) is 29.8 Å². The number of rotatable bonds is 6. The first kappa shape index (κ1) is 23.9. The molecule has 1 aromatic carbocycles. The number of aliphatic imine (C=N–C) groups is 1. The summed E-state index contributed by atoms with van der Waals surface area (Å²) in [7, 11) is 1.80. The number of benzene rings is 1. The van der Waals surface area contributed by atoms with E-state index in [4.69, 9.17) is 0 Å². The average molecular weight is 505 g/mol. The standard InChI is InChI=1S/C19H31N5OS.HI/c1-13(2)22-19(25)24-15-7-5-14(6-8-15)12-21-18(20-3)23-16-9-10-17(11-16)26-4;/h5-8,13,16-17H,9-12H2,1-4H3,(H2,20,21,23)(H2,22,24,25);1H. The minimum atomic E-state index is -0.185. The molecule has 27 heavy (non-hydrogen) atoms. The molecule has 2 atom stereocenters. The quantitative estimate of drug-likeness (QED) is 0.270. The van der Waals surface area contributed by atoms with Gasteiger partial charge in [0.15, 0.2) is 5.96 Å². The first-order valence-electron chi connectivity index (χ1n) is 9.16. The third-order valence-electron chi connectivity index (χ3n) is 4.37. The molecule has 6 nitrogen and oxygen atoms in total. The van der Waals surface area contributed by atoms with E-state index in [-0.39, 0.29) is 36.0 Å². The number of nitrogens with one attached hydrogen (secondary N) is 4. The molecule has 2 unspecified atom stereocenters. The van der Waals surface area contributed by atoms with Gasteiger partial charge in [-0.1, -0.05) is 12.1 Å². The Bertz CT molecular complexity index is 609. The summed E-state index contributed by atoms with van der Waals surface area (Å²) in [6, 6.07) is 8.26. The Morgan fingerprint density at radius 1 is 1.26 bits per heavy atom. The fourth-order valence-corrected chi connectivity index (χ4v) is 3.79. The van der Waals surface area contributed by atoms with Crippen molar-refractivity contribution in [1.82, 2.24) is 16.0 Å². The highest BCUT2D eigenvalue weighted by molar-refractivity contribution is 14.0. The van der Waals surface area contributed by atoms with Crippen LogP contribution in [-0.4, -0.2) is 42.6 Å². The van der Waals surface area contributed by atoms with Gasteiger partial charge in [0.25, 0.3) is 0 Å². The second-order valence-corrected chi connectivity index (χ2v) is 8.03. The van der Waals surface area contributed by atoms with E-state index in [9.17, 15) is 4.79 Å². The van der Waals surface area contributed by atoms with Crippen LogP contribution in [0.4, 0.5) is 10.5 Å². The molecular weight excluding hydrogens is 473 g/mol. The van der Waals surface area contributed by atoms with Crippen molar-refractivity contribution < 1.29 is 4.79 Å². The summed E-state index contributed by atoms with van der Waals surface area (Å²) in [5.74, 6) is 0.843. The summed E-state index contributed by atoms with van der Waals surface area (Å²) < 4.78 is 0. The highest BCUT2D eigenvalue weighted by Gasteiger charge is 2.24. The van der Waals surface area contributed by atoms with Crippen LogP contribution in [0.3, 0.4) is 0 Å². The van der Waals surface area contributed by atoms with Gasteiger partial charge in [0, 0.05) is 36.6 Å². The molecule has 152 valence electrons. The molecule has 0 spiro atoms. The van der Waals surface area contributed by atoms with Gasteiger partial charge in [0.2, 0.25) is 0 Å². The molecule has 1 aliphatic rings. The second-order valence-electron chi connectivity index (χ2n) is 6.89. The summed E-state index contributed by atoms with van der Waals surface area (Å²) in [5, 5.41) is 13.3. The lowest BCUT2D eigenvalue weighted by Gasteiger charge is -2.17. The van der Waals surface area contributed by atoms with Crippen LogP contribution in [0, 0.1) is 0 Å². The number of hydrogen-bond acceptors (Lipinski definition) is 3. The zero-order valence-corrected chi connectivity index (χ0v) is 19.7. The first-order chi connectivity index (χ1) is 12.5. The molecule has 0 aliphatic heterocycles. The van der Waals surface area contributed by atoms with Crippen molar-refractivity contribution in [3.63, 3.8) is 0 Å². The van der Waals surface area contributed by atoms with E-state index in [1.807, 2.05) is 49.9 Å².